The summed E-state index contributed by atoms with van der Waals surface area (Å²) in [6.45, 7) is 0.984. The molecule has 0 radical (unpaired) electrons. The molecule has 1 heterocycles. The van der Waals surface area contributed by atoms with Crippen LogP contribution in [0.2, 0.25) is 5.28 Å². The number of nitrogens with zero attached hydrogens (tertiary/aromatic N) is 2. The highest BCUT2D eigenvalue weighted by atomic mass is 35.5. The van der Waals surface area contributed by atoms with Crippen molar-refractivity contribution in [2.75, 3.05) is 11.9 Å². The van der Waals surface area contributed by atoms with Crippen LogP contribution < -0.4 is 5.32 Å². The Kier molecular flexibility index (Phi) is 3.78. The van der Waals surface area contributed by atoms with E-state index >= 15 is 0 Å². The Morgan fingerprint density at radius 1 is 1.40 bits per heavy atom. The van der Waals surface area contributed by atoms with Gasteiger partial charge in [0.2, 0.25) is 5.28 Å². The Bertz CT molecular complexity index is 310. The van der Waals surface area contributed by atoms with Gasteiger partial charge in [0.15, 0.2) is 0 Å². The summed E-state index contributed by atoms with van der Waals surface area (Å²) in [4.78, 5) is 7.92. The molecule has 0 aromatic carbocycles. The molecule has 0 bridgehead atoms. The molecule has 0 saturated heterocycles. The smallest absolute Gasteiger partial charge is 0.224 e. The van der Waals surface area contributed by atoms with Crippen molar-refractivity contribution in [3.63, 3.8) is 0 Å². The summed E-state index contributed by atoms with van der Waals surface area (Å²) in [5.41, 5.74) is 0. The summed E-state index contributed by atoms with van der Waals surface area (Å²) in [6, 6.07) is 1.85. The molecule has 0 amide bonds. The minimum atomic E-state index is 0.306. The Balaban J connectivity index is 1.73. The molecule has 1 aromatic rings. The molecule has 15 heavy (non-hydrogen) atoms. The molecule has 1 aliphatic rings. The van der Waals surface area contributed by atoms with Crippen LogP contribution in [0, 0.1) is 5.92 Å². The van der Waals surface area contributed by atoms with E-state index in [9.17, 15) is 0 Å². The first-order valence-electron chi connectivity index (χ1n) is 5.57. The second kappa shape index (κ2) is 5.31. The third kappa shape index (κ3) is 3.34. The van der Waals surface area contributed by atoms with Crippen molar-refractivity contribution in [1.82, 2.24) is 9.97 Å². The summed E-state index contributed by atoms with van der Waals surface area (Å²) in [6.07, 6.45) is 8.52. The Morgan fingerprint density at radius 2 is 2.20 bits per heavy atom. The van der Waals surface area contributed by atoms with Gasteiger partial charge >= 0.3 is 0 Å². The zero-order chi connectivity index (χ0) is 10.5. The molecule has 1 aromatic heterocycles. The summed E-state index contributed by atoms with van der Waals surface area (Å²) in [5, 5.41) is 3.58. The summed E-state index contributed by atoms with van der Waals surface area (Å²) in [5.74, 6) is 1.74. The normalized spacial score (nSPS) is 16.9. The van der Waals surface area contributed by atoms with Gasteiger partial charge in [0.25, 0.3) is 0 Å². The highest BCUT2D eigenvalue weighted by molar-refractivity contribution is 6.28. The number of hydrogen-bond acceptors (Lipinski definition) is 3. The van der Waals surface area contributed by atoms with E-state index in [1.807, 2.05) is 6.07 Å². The van der Waals surface area contributed by atoms with Crippen LogP contribution >= 0.6 is 11.6 Å². The van der Waals surface area contributed by atoms with Gasteiger partial charge in [-0.3, -0.25) is 0 Å². The number of hydrogen-bond donors (Lipinski definition) is 1. The molecule has 2 rings (SSSR count). The van der Waals surface area contributed by atoms with Gasteiger partial charge in [0, 0.05) is 12.7 Å². The monoisotopic (exact) mass is 225 g/mol. The molecule has 1 saturated carbocycles. The summed E-state index contributed by atoms with van der Waals surface area (Å²) in [7, 11) is 0. The lowest BCUT2D eigenvalue weighted by atomic mass is 10.0. The van der Waals surface area contributed by atoms with Crippen LogP contribution in [0.5, 0.6) is 0 Å². The lowest BCUT2D eigenvalue weighted by Gasteiger charge is -2.09. The van der Waals surface area contributed by atoms with Crippen molar-refractivity contribution in [3.05, 3.63) is 17.5 Å². The third-order valence-electron chi connectivity index (χ3n) is 2.96. The fourth-order valence-corrected chi connectivity index (χ4v) is 2.28. The van der Waals surface area contributed by atoms with Crippen LogP contribution in [-0.4, -0.2) is 16.5 Å². The summed E-state index contributed by atoms with van der Waals surface area (Å²) < 4.78 is 0. The van der Waals surface area contributed by atoms with E-state index in [4.69, 9.17) is 11.6 Å². The molecule has 1 N–H and O–H groups in total. The molecular weight excluding hydrogens is 210 g/mol. The molecule has 4 heteroatoms. The van der Waals surface area contributed by atoms with E-state index in [1.54, 1.807) is 6.20 Å². The standard InChI is InChI=1S/C11H16ClN3/c12-11-14-8-6-10(15-11)13-7-5-9-3-1-2-4-9/h6,8-9H,1-5,7H2,(H,13,14,15). The van der Waals surface area contributed by atoms with E-state index < -0.39 is 0 Å². The van der Waals surface area contributed by atoms with Crippen LogP contribution in [0.4, 0.5) is 5.82 Å². The van der Waals surface area contributed by atoms with Crippen molar-refractivity contribution in [3.8, 4) is 0 Å². The third-order valence-corrected chi connectivity index (χ3v) is 3.14. The van der Waals surface area contributed by atoms with Crippen LogP contribution in [0.15, 0.2) is 12.3 Å². The second-order valence-corrected chi connectivity index (χ2v) is 4.41. The molecule has 3 nitrogen and oxygen atoms in total. The Hall–Kier alpha value is -0.830. The number of nitrogens with one attached hydrogen (secondary N) is 1. The lowest BCUT2D eigenvalue weighted by molar-refractivity contribution is 0.518. The average Bonchev–Trinajstić information content (AvgIpc) is 2.71. The Labute approximate surface area is 95.3 Å². The van der Waals surface area contributed by atoms with Crippen LogP contribution in [0.3, 0.4) is 0 Å². The van der Waals surface area contributed by atoms with Gasteiger partial charge in [0.05, 0.1) is 0 Å². The van der Waals surface area contributed by atoms with Crippen LogP contribution in [-0.2, 0) is 0 Å². The van der Waals surface area contributed by atoms with Gasteiger partial charge in [-0.2, -0.15) is 0 Å². The quantitative estimate of drug-likeness (QED) is 0.801. The molecular formula is C11H16ClN3. The van der Waals surface area contributed by atoms with Gasteiger partial charge in [0.1, 0.15) is 5.82 Å². The topological polar surface area (TPSA) is 37.8 Å². The number of anilines is 1. The molecule has 0 atom stereocenters. The molecule has 0 aliphatic heterocycles. The first-order chi connectivity index (χ1) is 7.34. The minimum Gasteiger partial charge on any atom is -0.370 e. The van der Waals surface area contributed by atoms with Gasteiger partial charge in [-0.05, 0) is 30.0 Å². The zero-order valence-corrected chi connectivity index (χ0v) is 9.50. The van der Waals surface area contributed by atoms with E-state index in [0.29, 0.717) is 5.28 Å². The second-order valence-electron chi connectivity index (χ2n) is 4.08. The fraction of sp³-hybridized carbons (Fsp3) is 0.636. The fourth-order valence-electron chi connectivity index (χ4n) is 2.14. The maximum absolute atomic E-state index is 5.69. The Morgan fingerprint density at radius 3 is 2.93 bits per heavy atom. The maximum atomic E-state index is 5.69. The molecule has 1 fully saturated rings. The number of aromatic nitrogens is 2. The van der Waals surface area contributed by atoms with Crippen molar-refractivity contribution in [1.29, 1.82) is 0 Å². The van der Waals surface area contributed by atoms with Gasteiger partial charge in [-0.15, -0.1) is 0 Å². The van der Waals surface area contributed by atoms with Crippen molar-refractivity contribution in [2.24, 2.45) is 5.92 Å². The molecule has 0 spiro atoms. The maximum Gasteiger partial charge on any atom is 0.224 e. The molecule has 0 unspecified atom stereocenters. The van der Waals surface area contributed by atoms with E-state index in [-0.39, 0.29) is 0 Å². The number of rotatable bonds is 4. The van der Waals surface area contributed by atoms with Gasteiger partial charge < -0.3 is 5.32 Å². The highest BCUT2D eigenvalue weighted by Gasteiger charge is 2.13. The summed E-state index contributed by atoms with van der Waals surface area (Å²) >= 11 is 5.69. The van der Waals surface area contributed by atoms with Crippen LogP contribution in [0.25, 0.3) is 0 Å². The zero-order valence-electron chi connectivity index (χ0n) is 8.75. The minimum absolute atomic E-state index is 0.306. The largest absolute Gasteiger partial charge is 0.370 e. The van der Waals surface area contributed by atoms with E-state index in [1.165, 1.54) is 32.1 Å². The predicted molar refractivity (Wildman–Crippen MR) is 62.1 cm³/mol. The SMILES string of the molecule is Clc1nccc(NCCC2CCCC2)n1. The molecule has 82 valence electrons. The highest BCUT2D eigenvalue weighted by Crippen LogP contribution is 2.27. The van der Waals surface area contributed by atoms with Crippen LogP contribution in [0.1, 0.15) is 32.1 Å². The van der Waals surface area contributed by atoms with Crippen molar-refractivity contribution < 1.29 is 0 Å². The molecule has 1 aliphatic carbocycles. The van der Waals surface area contributed by atoms with Crippen molar-refractivity contribution in [2.45, 2.75) is 32.1 Å². The van der Waals surface area contributed by atoms with E-state index in [0.717, 1.165) is 18.3 Å². The van der Waals surface area contributed by atoms with E-state index in [2.05, 4.69) is 15.3 Å². The average molecular weight is 226 g/mol. The van der Waals surface area contributed by atoms with Gasteiger partial charge in [-0.25, -0.2) is 9.97 Å². The first-order valence-corrected chi connectivity index (χ1v) is 5.95. The number of halogens is 1. The van der Waals surface area contributed by atoms with Gasteiger partial charge in [-0.1, -0.05) is 25.7 Å². The first kappa shape index (κ1) is 10.7. The lowest BCUT2D eigenvalue weighted by Crippen LogP contribution is -2.07. The van der Waals surface area contributed by atoms with Crippen molar-refractivity contribution >= 4 is 17.4 Å². The predicted octanol–water partition coefficient (Wildman–Crippen LogP) is 3.12.